The Labute approximate surface area is 206 Å². The normalized spacial score (nSPS) is 14.8. The summed E-state index contributed by atoms with van der Waals surface area (Å²) >= 11 is 6.15. The van der Waals surface area contributed by atoms with Gasteiger partial charge in [0.2, 0.25) is 5.91 Å². The molecular formula is C29H41ClN2O. The van der Waals surface area contributed by atoms with Gasteiger partial charge in [0.1, 0.15) is 0 Å². The zero-order valence-corrected chi connectivity index (χ0v) is 21.9. The second kappa shape index (κ2) is 14.0. The third kappa shape index (κ3) is 8.83. The molecule has 0 saturated carbocycles. The molecule has 0 heterocycles. The van der Waals surface area contributed by atoms with Crippen molar-refractivity contribution < 1.29 is 4.79 Å². The Balaban J connectivity index is 3.50. The van der Waals surface area contributed by atoms with Crippen LogP contribution in [0.4, 0.5) is 0 Å². The van der Waals surface area contributed by atoms with Crippen LogP contribution < -0.4 is 10.6 Å². The molecule has 0 aliphatic heterocycles. The van der Waals surface area contributed by atoms with E-state index < -0.39 is 6.04 Å². The van der Waals surface area contributed by atoms with Crippen LogP contribution in [0.25, 0.3) is 0 Å². The summed E-state index contributed by atoms with van der Waals surface area (Å²) in [7, 11) is 1.67. The second-order valence-electron chi connectivity index (χ2n) is 9.16. The molecule has 1 rings (SSSR count). The molecule has 180 valence electrons. The molecule has 1 aromatic carbocycles. The summed E-state index contributed by atoms with van der Waals surface area (Å²) in [5.74, 6) is 0.310. The molecule has 0 saturated heterocycles. The van der Waals surface area contributed by atoms with Crippen LogP contribution in [-0.2, 0) is 16.6 Å². The van der Waals surface area contributed by atoms with Gasteiger partial charge in [-0.3, -0.25) is 10.1 Å². The number of hydrogen-bond acceptors (Lipinski definition) is 2. The molecule has 3 nitrogen and oxygen atoms in total. The van der Waals surface area contributed by atoms with E-state index in [9.17, 15) is 4.79 Å². The number of carbonyl (C=O) groups is 1. The maximum absolute atomic E-state index is 13.0. The van der Waals surface area contributed by atoms with Crippen molar-refractivity contribution in [2.75, 3.05) is 12.9 Å². The molecule has 0 aliphatic rings. The van der Waals surface area contributed by atoms with Crippen LogP contribution in [0.15, 0.2) is 84.5 Å². The van der Waals surface area contributed by atoms with Gasteiger partial charge in [-0.05, 0) is 47.5 Å². The number of benzene rings is 1. The number of likely N-dealkylation sites (N-methyl/N-ethyl adjacent to an activating group) is 1. The molecule has 1 amide bonds. The lowest BCUT2D eigenvalue weighted by Crippen LogP contribution is -2.50. The Morgan fingerprint density at radius 2 is 1.88 bits per heavy atom. The van der Waals surface area contributed by atoms with Crippen molar-refractivity contribution in [1.29, 1.82) is 0 Å². The number of nitrogens with one attached hydrogen (secondary N) is 2. The van der Waals surface area contributed by atoms with E-state index in [1.54, 1.807) is 13.1 Å². The first kappa shape index (κ1) is 28.7. The van der Waals surface area contributed by atoms with Gasteiger partial charge >= 0.3 is 0 Å². The van der Waals surface area contributed by atoms with Crippen LogP contribution in [0.5, 0.6) is 0 Å². The quantitative estimate of drug-likeness (QED) is 0.274. The van der Waals surface area contributed by atoms with Crippen molar-refractivity contribution in [1.82, 2.24) is 10.6 Å². The van der Waals surface area contributed by atoms with E-state index in [1.807, 2.05) is 24.3 Å². The lowest BCUT2D eigenvalue weighted by Gasteiger charge is -2.30. The summed E-state index contributed by atoms with van der Waals surface area (Å²) in [4.78, 5) is 13.0. The van der Waals surface area contributed by atoms with E-state index in [2.05, 4.69) is 82.7 Å². The number of amides is 1. The molecule has 2 N–H and O–H groups in total. The van der Waals surface area contributed by atoms with Gasteiger partial charge in [-0.2, -0.15) is 0 Å². The zero-order valence-electron chi connectivity index (χ0n) is 21.2. The van der Waals surface area contributed by atoms with E-state index >= 15 is 0 Å². The molecule has 2 atom stereocenters. The van der Waals surface area contributed by atoms with Crippen LogP contribution in [0.1, 0.15) is 52.2 Å². The molecule has 33 heavy (non-hydrogen) atoms. The lowest BCUT2D eigenvalue weighted by molar-refractivity contribution is -0.122. The summed E-state index contributed by atoms with van der Waals surface area (Å²) in [5.41, 5.74) is 5.36. The number of alkyl halides is 1. The minimum atomic E-state index is -0.453. The van der Waals surface area contributed by atoms with Gasteiger partial charge in [-0.1, -0.05) is 101 Å². The van der Waals surface area contributed by atoms with Crippen LogP contribution in [0.3, 0.4) is 0 Å². The third-order valence-electron chi connectivity index (χ3n) is 5.57. The maximum Gasteiger partial charge on any atom is 0.237 e. The van der Waals surface area contributed by atoms with Gasteiger partial charge < -0.3 is 5.32 Å². The molecule has 0 spiro atoms. The van der Waals surface area contributed by atoms with Crippen molar-refractivity contribution in [2.45, 2.75) is 65.0 Å². The number of carbonyl (C=O) groups excluding carboxylic acids is 1. The predicted molar refractivity (Wildman–Crippen MR) is 145 cm³/mol. The number of rotatable bonds is 12. The minimum absolute atomic E-state index is 0.0241. The van der Waals surface area contributed by atoms with Crippen LogP contribution in [0.2, 0.25) is 0 Å². The summed E-state index contributed by atoms with van der Waals surface area (Å²) in [6.45, 7) is 18.8. The first-order valence-electron chi connectivity index (χ1n) is 11.6. The summed E-state index contributed by atoms with van der Waals surface area (Å²) in [6, 6.07) is 7.61. The maximum atomic E-state index is 13.0. The van der Waals surface area contributed by atoms with E-state index in [1.165, 1.54) is 5.56 Å². The Kier molecular flexibility index (Phi) is 12.2. The number of allylic oxidation sites excluding steroid dienone is 4. The molecule has 4 heteroatoms. The molecule has 2 unspecified atom stereocenters. The number of halogens is 1. The largest absolute Gasteiger partial charge is 0.358 e. The number of hydrogen-bond donors (Lipinski definition) is 2. The fourth-order valence-electron chi connectivity index (χ4n) is 3.95. The average molecular weight is 469 g/mol. The van der Waals surface area contributed by atoms with Crippen molar-refractivity contribution >= 4 is 17.5 Å². The SMILES string of the molecule is C=C/C=C\C(=C)C(NC(Cc1ccccc1C(C)(C)C)C(=O)NC)C(=C/CCl)/C(C)=C\CC. The molecular weight excluding hydrogens is 428 g/mol. The van der Waals surface area contributed by atoms with E-state index in [0.717, 1.165) is 28.7 Å². The van der Waals surface area contributed by atoms with Gasteiger partial charge in [0, 0.05) is 12.9 Å². The highest BCUT2D eigenvalue weighted by atomic mass is 35.5. The molecule has 0 aromatic heterocycles. The highest BCUT2D eigenvalue weighted by Gasteiger charge is 2.27. The third-order valence-corrected chi connectivity index (χ3v) is 5.73. The van der Waals surface area contributed by atoms with Crippen molar-refractivity contribution in [3.05, 3.63) is 95.6 Å². The predicted octanol–water partition coefficient (Wildman–Crippen LogP) is 6.42. The standard InChI is InChI=1S/C29H41ClN2O/c1-9-11-15-22(4)27(24(18-19-30)21(3)14-10-2)32-26(28(33)31-8)20-23-16-12-13-17-25(23)29(5,6)7/h9,11-18,26-27,32H,1,4,10,19-20H2,2-3,5-8H3,(H,31,33)/b15-11-,21-14-,24-18+. The lowest BCUT2D eigenvalue weighted by atomic mass is 9.82. The molecule has 0 bridgehead atoms. The second-order valence-corrected chi connectivity index (χ2v) is 9.47. The molecule has 1 aromatic rings. The van der Waals surface area contributed by atoms with E-state index in [0.29, 0.717) is 12.3 Å². The monoisotopic (exact) mass is 468 g/mol. The Morgan fingerprint density at radius 3 is 2.42 bits per heavy atom. The summed E-state index contributed by atoms with van der Waals surface area (Å²) in [5, 5.41) is 6.43. The highest BCUT2D eigenvalue weighted by molar-refractivity contribution is 6.19. The van der Waals surface area contributed by atoms with Crippen LogP contribution in [0, 0.1) is 0 Å². The average Bonchev–Trinajstić information content (AvgIpc) is 2.78. The molecule has 0 fully saturated rings. The van der Waals surface area contributed by atoms with E-state index in [-0.39, 0.29) is 17.4 Å². The van der Waals surface area contributed by atoms with Gasteiger partial charge in [0.05, 0.1) is 12.1 Å². The van der Waals surface area contributed by atoms with Gasteiger partial charge in [-0.25, -0.2) is 0 Å². The minimum Gasteiger partial charge on any atom is -0.358 e. The van der Waals surface area contributed by atoms with Gasteiger partial charge in [0.15, 0.2) is 0 Å². The van der Waals surface area contributed by atoms with Gasteiger partial charge in [-0.15, -0.1) is 11.6 Å². The Hall–Kier alpha value is -2.36. The topological polar surface area (TPSA) is 41.1 Å². The first-order valence-corrected chi connectivity index (χ1v) is 12.1. The zero-order chi connectivity index (χ0) is 25.0. The first-order chi connectivity index (χ1) is 15.6. The van der Waals surface area contributed by atoms with Gasteiger partial charge in [0.25, 0.3) is 0 Å². The highest BCUT2D eigenvalue weighted by Crippen LogP contribution is 2.27. The van der Waals surface area contributed by atoms with Crippen LogP contribution >= 0.6 is 11.6 Å². The Bertz CT molecular complexity index is 902. The fourth-order valence-corrected chi connectivity index (χ4v) is 4.12. The van der Waals surface area contributed by atoms with Crippen molar-refractivity contribution in [3.8, 4) is 0 Å². The van der Waals surface area contributed by atoms with E-state index in [4.69, 9.17) is 11.6 Å². The summed E-state index contributed by atoms with van der Waals surface area (Å²) in [6.07, 6.45) is 11.1. The fraction of sp³-hybridized carbons (Fsp3) is 0.414. The van der Waals surface area contributed by atoms with Crippen LogP contribution in [-0.4, -0.2) is 30.9 Å². The van der Waals surface area contributed by atoms with Crippen molar-refractivity contribution in [2.24, 2.45) is 0 Å². The molecule has 0 radical (unpaired) electrons. The Morgan fingerprint density at radius 1 is 1.21 bits per heavy atom. The summed E-state index contributed by atoms with van der Waals surface area (Å²) < 4.78 is 0. The smallest absolute Gasteiger partial charge is 0.237 e. The molecule has 0 aliphatic carbocycles. The van der Waals surface area contributed by atoms with Crippen molar-refractivity contribution in [3.63, 3.8) is 0 Å².